The number of benzene rings is 1. The van der Waals surface area contributed by atoms with Crippen LogP contribution in [0.3, 0.4) is 0 Å². The lowest BCUT2D eigenvalue weighted by Crippen LogP contribution is -2.26. The minimum Gasteiger partial charge on any atom is -0.454 e. The van der Waals surface area contributed by atoms with Crippen molar-refractivity contribution in [1.29, 1.82) is 0 Å². The molecule has 0 saturated carbocycles. The van der Waals surface area contributed by atoms with E-state index in [1.54, 1.807) is 0 Å². The van der Waals surface area contributed by atoms with Gasteiger partial charge in [0, 0.05) is 11.1 Å². The van der Waals surface area contributed by atoms with Crippen molar-refractivity contribution in [1.82, 2.24) is 10.2 Å². The van der Waals surface area contributed by atoms with Crippen molar-refractivity contribution in [3.05, 3.63) is 18.2 Å². The number of aromatic nitrogens is 2. The maximum absolute atomic E-state index is 5.58. The third-order valence-electron chi connectivity index (χ3n) is 2.53. The normalized spacial score (nSPS) is 13.6. The summed E-state index contributed by atoms with van der Waals surface area (Å²) < 4.78 is 16.2. The molecule has 3 rings (SSSR count). The summed E-state index contributed by atoms with van der Waals surface area (Å²) in [6.45, 7) is 6.33. The molecule has 0 spiro atoms. The largest absolute Gasteiger partial charge is 0.454 e. The van der Waals surface area contributed by atoms with Gasteiger partial charge in [0.05, 0.1) is 0 Å². The van der Waals surface area contributed by atoms with E-state index in [1.165, 1.54) is 0 Å². The fourth-order valence-electron chi connectivity index (χ4n) is 1.74. The fourth-order valence-corrected chi connectivity index (χ4v) is 1.74. The van der Waals surface area contributed by atoms with Crippen LogP contribution in [0.2, 0.25) is 0 Å². The summed E-state index contributed by atoms with van der Waals surface area (Å²) in [5, 5.41) is 11.1. The zero-order chi connectivity index (χ0) is 13.5. The van der Waals surface area contributed by atoms with Crippen LogP contribution < -0.4 is 14.8 Å². The quantitative estimate of drug-likeness (QED) is 0.896. The van der Waals surface area contributed by atoms with Gasteiger partial charge in [-0.2, -0.15) is 0 Å². The van der Waals surface area contributed by atoms with Crippen LogP contribution in [0.4, 0.5) is 6.01 Å². The van der Waals surface area contributed by atoms with E-state index in [2.05, 4.69) is 15.5 Å². The Labute approximate surface area is 110 Å². The first kappa shape index (κ1) is 11.8. The van der Waals surface area contributed by atoms with E-state index < -0.39 is 0 Å². The fraction of sp³-hybridized carbons (Fsp3) is 0.385. The van der Waals surface area contributed by atoms with Gasteiger partial charge in [-0.1, -0.05) is 5.10 Å². The maximum atomic E-state index is 5.58. The molecular formula is C13H15N3O3. The van der Waals surface area contributed by atoms with Crippen molar-refractivity contribution >= 4 is 6.01 Å². The lowest BCUT2D eigenvalue weighted by atomic mass is 10.1. The van der Waals surface area contributed by atoms with Gasteiger partial charge in [-0.15, -0.1) is 5.10 Å². The van der Waals surface area contributed by atoms with Crippen molar-refractivity contribution in [2.24, 2.45) is 0 Å². The highest BCUT2D eigenvalue weighted by molar-refractivity contribution is 5.60. The highest BCUT2D eigenvalue weighted by atomic mass is 16.7. The Morgan fingerprint density at radius 3 is 2.68 bits per heavy atom. The van der Waals surface area contributed by atoms with Crippen LogP contribution in [0.1, 0.15) is 20.8 Å². The van der Waals surface area contributed by atoms with Gasteiger partial charge in [0.2, 0.25) is 12.7 Å². The van der Waals surface area contributed by atoms with Gasteiger partial charge in [0.1, 0.15) is 0 Å². The van der Waals surface area contributed by atoms with Crippen molar-refractivity contribution in [2.45, 2.75) is 26.3 Å². The third-order valence-corrected chi connectivity index (χ3v) is 2.53. The molecule has 0 bridgehead atoms. The zero-order valence-corrected chi connectivity index (χ0v) is 11.1. The van der Waals surface area contributed by atoms with Gasteiger partial charge in [-0.05, 0) is 39.0 Å². The van der Waals surface area contributed by atoms with E-state index in [0.29, 0.717) is 17.7 Å². The van der Waals surface area contributed by atoms with E-state index >= 15 is 0 Å². The summed E-state index contributed by atoms with van der Waals surface area (Å²) in [5.74, 6) is 1.88. The summed E-state index contributed by atoms with van der Waals surface area (Å²) in [5.41, 5.74) is 0.678. The molecule has 1 aliphatic heterocycles. The first-order valence-electron chi connectivity index (χ1n) is 6.03. The zero-order valence-electron chi connectivity index (χ0n) is 11.1. The number of nitrogens with one attached hydrogen (secondary N) is 1. The molecule has 100 valence electrons. The predicted octanol–water partition coefficient (Wildman–Crippen LogP) is 2.68. The number of hydrogen-bond acceptors (Lipinski definition) is 6. The lowest BCUT2D eigenvalue weighted by molar-refractivity contribution is 0.174. The Morgan fingerprint density at radius 2 is 1.89 bits per heavy atom. The van der Waals surface area contributed by atoms with Crippen LogP contribution in [0.15, 0.2) is 22.6 Å². The number of fused-ring (bicyclic) bond motifs is 1. The highest BCUT2D eigenvalue weighted by Gasteiger charge is 2.18. The third kappa shape index (κ3) is 2.47. The lowest BCUT2D eigenvalue weighted by Gasteiger charge is -2.17. The Balaban J connectivity index is 1.86. The molecule has 0 amide bonds. The molecule has 1 aromatic carbocycles. The monoisotopic (exact) mass is 261 g/mol. The minimum atomic E-state index is -0.126. The molecule has 0 unspecified atom stereocenters. The van der Waals surface area contributed by atoms with Crippen molar-refractivity contribution in [3.8, 4) is 23.0 Å². The van der Waals surface area contributed by atoms with E-state index in [1.807, 2.05) is 39.0 Å². The van der Waals surface area contributed by atoms with Crippen LogP contribution in [0.5, 0.6) is 11.5 Å². The van der Waals surface area contributed by atoms with Crippen molar-refractivity contribution in [2.75, 3.05) is 12.1 Å². The molecule has 6 nitrogen and oxygen atoms in total. The van der Waals surface area contributed by atoms with Crippen LogP contribution in [0, 0.1) is 0 Å². The summed E-state index contributed by atoms with van der Waals surface area (Å²) in [4.78, 5) is 0. The molecule has 19 heavy (non-hydrogen) atoms. The maximum Gasteiger partial charge on any atom is 0.316 e. The van der Waals surface area contributed by atoms with Crippen molar-refractivity contribution < 1.29 is 13.9 Å². The molecule has 0 fully saturated rings. The Kier molecular flexibility index (Phi) is 2.58. The van der Waals surface area contributed by atoms with E-state index in [0.717, 1.165) is 11.3 Å². The number of anilines is 1. The Morgan fingerprint density at radius 1 is 1.11 bits per heavy atom. The molecule has 1 aliphatic rings. The van der Waals surface area contributed by atoms with Crippen LogP contribution in [-0.2, 0) is 0 Å². The smallest absolute Gasteiger partial charge is 0.316 e. The van der Waals surface area contributed by atoms with Crippen LogP contribution in [-0.4, -0.2) is 22.5 Å². The average molecular weight is 261 g/mol. The first-order chi connectivity index (χ1) is 9.01. The molecule has 0 radical (unpaired) electrons. The molecule has 1 aromatic heterocycles. The van der Waals surface area contributed by atoms with Gasteiger partial charge in [0.25, 0.3) is 0 Å². The number of hydrogen-bond donors (Lipinski definition) is 1. The van der Waals surface area contributed by atoms with Gasteiger partial charge in [-0.3, -0.25) is 0 Å². The second-order valence-corrected chi connectivity index (χ2v) is 5.36. The SMILES string of the molecule is CC(C)(C)Nc1nnc(-c2ccc3c(c2)OCO3)o1. The summed E-state index contributed by atoms with van der Waals surface area (Å²) in [6, 6.07) is 5.93. The van der Waals surface area contributed by atoms with Crippen molar-refractivity contribution in [3.63, 3.8) is 0 Å². The average Bonchev–Trinajstić information content (AvgIpc) is 2.93. The van der Waals surface area contributed by atoms with Crippen LogP contribution in [0.25, 0.3) is 11.5 Å². The number of rotatable bonds is 2. The van der Waals surface area contributed by atoms with E-state index in [-0.39, 0.29) is 12.3 Å². The number of ether oxygens (including phenoxy) is 2. The second-order valence-electron chi connectivity index (χ2n) is 5.36. The summed E-state index contributed by atoms with van der Waals surface area (Å²) in [7, 11) is 0. The van der Waals surface area contributed by atoms with E-state index in [4.69, 9.17) is 13.9 Å². The summed E-state index contributed by atoms with van der Waals surface area (Å²) in [6.07, 6.45) is 0. The van der Waals surface area contributed by atoms with Crippen LogP contribution >= 0.6 is 0 Å². The second kappa shape index (κ2) is 4.15. The Hall–Kier alpha value is -2.24. The van der Waals surface area contributed by atoms with Gasteiger partial charge in [0.15, 0.2) is 11.5 Å². The molecule has 0 saturated heterocycles. The van der Waals surface area contributed by atoms with E-state index in [9.17, 15) is 0 Å². The Bertz CT molecular complexity index is 601. The first-order valence-corrected chi connectivity index (χ1v) is 6.03. The van der Waals surface area contributed by atoms with Gasteiger partial charge < -0.3 is 19.2 Å². The molecule has 2 aromatic rings. The molecule has 6 heteroatoms. The highest BCUT2D eigenvalue weighted by Crippen LogP contribution is 2.35. The van der Waals surface area contributed by atoms with Gasteiger partial charge in [-0.25, -0.2) is 0 Å². The molecule has 1 N–H and O–H groups in total. The summed E-state index contributed by atoms with van der Waals surface area (Å²) >= 11 is 0. The molecule has 0 atom stereocenters. The molecule has 0 aliphatic carbocycles. The topological polar surface area (TPSA) is 69.4 Å². The molecular weight excluding hydrogens is 246 g/mol. The number of nitrogens with zero attached hydrogens (tertiary/aromatic N) is 2. The standard InChI is InChI=1S/C13H15N3O3/c1-13(2,3)14-12-16-15-11(19-12)8-4-5-9-10(6-8)18-7-17-9/h4-6H,7H2,1-3H3,(H,14,16). The predicted molar refractivity (Wildman–Crippen MR) is 69.2 cm³/mol. The minimum absolute atomic E-state index is 0.126. The van der Waals surface area contributed by atoms with Gasteiger partial charge >= 0.3 is 6.01 Å². The molecule has 2 heterocycles.